The van der Waals surface area contributed by atoms with Crippen LogP contribution in [0, 0.1) is 12.8 Å². The molecule has 1 heterocycles. The lowest BCUT2D eigenvalue weighted by atomic mass is 10.1. The van der Waals surface area contributed by atoms with Crippen LogP contribution < -0.4 is 5.32 Å². The van der Waals surface area contributed by atoms with Crippen LogP contribution in [0.4, 0.5) is 5.69 Å². The number of benzene rings is 1. The molecule has 0 saturated heterocycles. The molecule has 0 aliphatic heterocycles. The molecule has 0 saturated carbocycles. The van der Waals surface area contributed by atoms with Crippen LogP contribution in [0.2, 0.25) is 0 Å². The van der Waals surface area contributed by atoms with E-state index in [-0.39, 0.29) is 0 Å². The molecule has 2 aromatic rings. The zero-order valence-electron chi connectivity index (χ0n) is 10.4. The molecule has 1 aromatic heterocycles. The van der Waals surface area contributed by atoms with E-state index in [1.54, 1.807) is 11.0 Å². The first-order valence-corrected chi connectivity index (χ1v) is 5.74. The van der Waals surface area contributed by atoms with Gasteiger partial charge in [-0.05, 0) is 47.0 Å². The van der Waals surface area contributed by atoms with Gasteiger partial charge in [-0.2, -0.15) is 0 Å². The molecule has 0 radical (unpaired) electrons. The lowest BCUT2D eigenvalue weighted by Gasteiger charge is -2.11. The molecule has 0 aliphatic rings. The van der Waals surface area contributed by atoms with Gasteiger partial charge in [0.2, 0.25) is 0 Å². The Kier molecular flexibility index (Phi) is 3.37. The van der Waals surface area contributed by atoms with E-state index in [1.807, 2.05) is 12.1 Å². The van der Waals surface area contributed by atoms with Gasteiger partial charge in [-0.15, -0.1) is 5.10 Å². The van der Waals surface area contributed by atoms with Gasteiger partial charge < -0.3 is 5.32 Å². The highest BCUT2D eigenvalue weighted by molar-refractivity contribution is 5.53. The topological polar surface area (TPSA) is 55.6 Å². The first-order chi connectivity index (χ1) is 8.16. The Morgan fingerprint density at radius 1 is 1.35 bits per heavy atom. The summed E-state index contributed by atoms with van der Waals surface area (Å²) >= 11 is 0. The molecule has 90 valence electrons. The highest BCUT2D eigenvalue weighted by Gasteiger charge is 2.03. The monoisotopic (exact) mass is 231 g/mol. The van der Waals surface area contributed by atoms with Crippen molar-refractivity contribution in [2.45, 2.75) is 20.8 Å². The largest absolute Gasteiger partial charge is 0.385 e. The van der Waals surface area contributed by atoms with Gasteiger partial charge in [0.05, 0.1) is 5.69 Å². The summed E-state index contributed by atoms with van der Waals surface area (Å²) in [6.07, 6.45) is 1.60. The van der Waals surface area contributed by atoms with E-state index in [1.165, 1.54) is 0 Å². The molecule has 0 amide bonds. The third-order valence-corrected chi connectivity index (χ3v) is 2.51. The molecule has 5 heteroatoms. The number of hydrogen-bond donors (Lipinski definition) is 1. The van der Waals surface area contributed by atoms with Gasteiger partial charge in [0, 0.05) is 12.2 Å². The summed E-state index contributed by atoms with van der Waals surface area (Å²) in [7, 11) is 0. The van der Waals surface area contributed by atoms with Crippen LogP contribution in [0.3, 0.4) is 0 Å². The molecule has 5 nitrogen and oxygen atoms in total. The molecule has 1 N–H and O–H groups in total. The van der Waals surface area contributed by atoms with Crippen molar-refractivity contribution >= 4 is 5.69 Å². The maximum absolute atomic E-state index is 3.89. The number of nitrogens with one attached hydrogen (secondary N) is 1. The Labute approximate surface area is 101 Å². The molecule has 0 fully saturated rings. The second-order valence-electron chi connectivity index (χ2n) is 4.53. The summed E-state index contributed by atoms with van der Waals surface area (Å²) in [5, 5.41) is 14.6. The Hall–Kier alpha value is -1.91. The second kappa shape index (κ2) is 4.95. The molecule has 17 heavy (non-hydrogen) atoms. The fourth-order valence-corrected chi connectivity index (χ4v) is 1.62. The third kappa shape index (κ3) is 2.81. The van der Waals surface area contributed by atoms with Crippen LogP contribution in [0.15, 0.2) is 24.5 Å². The van der Waals surface area contributed by atoms with Crippen molar-refractivity contribution in [3.05, 3.63) is 30.1 Å². The summed E-state index contributed by atoms with van der Waals surface area (Å²) in [5.41, 5.74) is 3.28. The average molecular weight is 231 g/mol. The van der Waals surface area contributed by atoms with E-state index in [4.69, 9.17) is 0 Å². The number of aromatic nitrogens is 4. The quantitative estimate of drug-likeness (QED) is 0.874. The van der Waals surface area contributed by atoms with Crippen LogP contribution in [0.1, 0.15) is 19.4 Å². The smallest absolute Gasteiger partial charge is 0.143 e. The lowest BCUT2D eigenvalue weighted by Crippen LogP contribution is -2.08. The van der Waals surface area contributed by atoms with Crippen molar-refractivity contribution in [1.29, 1.82) is 0 Å². The van der Waals surface area contributed by atoms with Crippen LogP contribution >= 0.6 is 0 Å². The number of nitrogens with zero attached hydrogens (tertiary/aromatic N) is 4. The van der Waals surface area contributed by atoms with Gasteiger partial charge in [0.1, 0.15) is 6.33 Å². The van der Waals surface area contributed by atoms with Gasteiger partial charge in [-0.1, -0.05) is 13.8 Å². The Balaban J connectivity index is 2.17. The molecule has 0 aliphatic carbocycles. The van der Waals surface area contributed by atoms with Crippen LogP contribution in [0.25, 0.3) is 5.69 Å². The zero-order valence-corrected chi connectivity index (χ0v) is 10.4. The van der Waals surface area contributed by atoms with Crippen molar-refractivity contribution in [3.63, 3.8) is 0 Å². The van der Waals surface area contributed by atoms with Crippen LogP contribution in [-0.4, -0.2) is 26.8 Å². The van der Waals surface area contributed by atoms with Gasteiger partial charge in [0.15, 0.2) is 0 Å². The Morgan fingerprint density at radius 2 is 2.18 bits per heavy atom. The first kappa shape index (κ1) is 11.6. The number of anilines is 1. The predicted octanol–water partition coefficient (Wildman–Crippen LogP) is 2.04. The molecule has 0 spiro atoms. The van der Waals surface area contributed by atoms with Gasteiger partial charge in [-0.25, -0.2) is 4.68 Å². The molecular formula is C12H17N5. The van der Waals surface area contributed by atoms with Crippen molar-refractivity contribution in [2.75, 3.05) is 11.9 Å². The predicted molar refractivity (Wildman–Crippen MR) is 67.2 cm³/mol. The SMILES string of the molecule is Cc1cc(NCC(C)C)ccc1-n1cnnn1. The van der Waals surface area contributed by atoms with Gasteiger partial charge in [-0.3, -0.25) is 0 Å². The normalized spacial score (nSPS) is 10.8. The maximum atomic E-state index is 3.89. The summed E-state index contributed by atoms with van der Waals surface area (Å²) in [6, 6.07) is 6.18. The fourth-order valence-electron chi connectivity index (χ4n) is 1.62. The number of hydrogen-bond acceptors (Lipinski definition) is 4. The zero-order chi connectivity index (χ0) is 12.3. The third-order valence-electron chi connectivity index (χ3n) is 2.51. The van der Waals surface area contributed by atoms with Crippen molar-refractivity contribution in [2.24, 2.45) is 5.92 Å². The highest BCUT2D eigenvalue weighted by Crippen LogP contribution is 2.17. The first-order valence-electron chi connectivity index (χ1n) is 5.74. The molecule has 0 atom stereocenters. The molecule has 0 unspecified atom stereocenters. The van der Waals surface area contributed by atoms with Crippen LogP contribution in [-0.2, 0) is 0 Å². The summed E-state index contributed by atoms with van der Waals surface area (Å²) in [6.45, 7) is 7.41. The van der Waals surface area contributed by atoms with Gasteiger partial charge in [0.25, 0.3) is 0 Å². The minimum Gasteiger partial charge on any atom is -0.385 e. The maximum Gasteiger partial charge on any atom is 0.143 e. The Bertz CT molecular complexity index is 476. The summed E-state index contributed by atoms with van der Waals surface area (Å²) in [4.78, 5) is 0. The minimum absolute atomic E-state index is 0.634. The molecule has 2 rings (SSSR count). The van der Waals surface area contributed by atoms with E-state index in [0.717, 1.165) is 23.5 Å². The number of rotatable bonds is 4. The minimum atomic E-state index is 0.634. The van der Waals surface area contributed by atoms with Crippen molar-refractivity contribution in [1.82, 2.24) is 20.2 Å². The average Bonchev–Trinajstić information content (AvgIpc) is 2.79. The standard InChI is InChI=1S/C12H17N5/c1-9(2)7-13-11-4-5-12(10(3)6-11)17-8-14-15-16-17/h4-6,8-9,13H,7H2,1-3H3. The molecule has 1 aromatic carbocycles. The number of tetrazole rings is 1. The summed E-state index contributed by atoms with van der Waals surface area (Å²) < 4.78 is 1.67. The van der Waals surface area contributed by atoms with E-state index in [0.29, 0.717) is 5.92 Å². The summed E-state index contributed by atoms with van der Waals surface area (Å²) in [5.74, 6) is 0.634. The second-order valence-corrected chi connectivity index (χ2v) is 4.53. The highest BCUT2D eigenvalue weighted by atomic mass is 15.5. The lowest BCUT2D eigenvalue weighted by molar-refractivity contribution is 0.689. The number of aryl methyl sites for hydroxylation is 1. The van der Waals surface area contributed by atoms with E-state index >= 15 is 0 Å². The van der Waals surface area contributed by atoms with Crippen LogP contribution in [0.5, 0.6) is 0 Å². The molecule has 0 bridgehead atoms. The van der Waals surface area contributed by atoms with Crippen molar-refractivity contribution in [3.8, 4) is 5.69 Å². The van der Waals surface area contributed by atoms with Gasteiger partial charge >= 0.3 is 0 Å². The van der Waals surface area contributed by atoms with E-state index in [2.05, 4.69) is 47.7 Å². The fraction of sp³-hybridized carbons (Fsp3) is 0.417. The van der Waals surface area contributed by atoms with E-state index in [9.17, 15) is 0 Å². The van der Waals surface area contributed by atoms with E-state index < -0.39 is 0 Å². The Morgan fingerprint density at radius 3 is 2.76 bits per heavy atom. The molecular weight excluding hydrogens is 214 g/mol. The van der Waals surface area contributed by atoms with Crippen molar-refractivity contribution < 1.29 is 0 Å².